The monoisotopic (exact) mass is 228 g/mol. The molecule has 1 atom stereocenters. The van der Waals surface area contributed by atoms with E-state index in [0.29, 0.717) is 0 Å². The zero-order valence-electron chi connectivity index (χ0n) is 9.98. The van der Waals surface area contributed by atoms with Crippen molar-refractivity contribution in [3.63, 3.8) is 0 Å². The number of hydrogen-bond donors (Lipinski definition) is 0. The van der Waals surface area contributed by atoms with Gasteiger partial charge >= 0.3 is 5.97 Å². The lowest BCUT2D eigenvalue weighted by Gasteiger charge is -2.17. The Morgan fingerprint density at radius 2 is 2.06 bits per heavy atom. The Kier molecular flexibility index (Phi) is 3.43. The number of esters is 1. The lowest BCUT2D eigenvalue weighted by molar-refractivity contribution is -0.144. The average molecular weight is 228 g/mol. The molecule has 0 saturated heterocycles. The largest absolute Gasteiger partial charge is 0.458 e. The molecule has 1 aromatic rings. The molecule has 88 valence electrons. The van der Waals surface area contributed by atoms with Gasteiger partial charge in [0.25, 0.3) is 0 Å². The van der Waals surface area contributed by atoms with Crippen molar-refractivity contribution in [2.45, 2.75) is 25.9 Å². The van der Waals surface area contributed by atoms with Gasteiger partial charge in [-0.2, -0.15) is 0 Å². The smallest absolute Gasteiger partial charge is 0.303 e. The Morgan fingerprint density at radius 3 is 2.71 bits per heavy atom. The summed E-state index contributed by atoms with van der Waals surface area (Å²) >= 11 is 0. The van der Waals surface area contributed by atoms with Crippen LogP contribution in [0.1, 0.15) is 25.3 Å². The number of rotatable bonds is 3. The van der Waals surface area contributed by atoms with Crippen LogP contribution in [0.4, 0.5) is 0 Å². The quantitative estimate of drug-likeness (QED) is 0.741. The Balaban J connectivity index is 2.17. The molecule has 2 nitrogen and oxygen atoms in total. The van der Waals surface area contributed by atoms with Gasteiger partial charge in [-0.3, -0.25) is 4.79 Å². The van der Waals surface area contributed by atoms with Crippen LogP contribution in [-0.4, -0.2) is 12.1 Å². The van der Waals surface area contributed by atoms with Crippen LogP contribution in [0.2, 0.25) is 0 Å². The second-order valence-electron chi connectivity index (χ2n) is 4.18. The van der Waals surface area contributed by atoms with Crippen molar-refractivity contribution in [2.75, 3.05) is 0 Å². The lowest BCUT2D eigenvalue weighted by atomic mass is 9.97. The van der Waals surface area contributed by atoms with Crippen molar-refractivity contribution in [3.05, 3.63) is 54.1 Å². The maximum Gasteiger partial charge on any atom is 0.303 e. The summed E-state index contributed by atoms with van der Waals surface area (Å²) in [5.41, 5.74) is 3.08. The maximum absolute atomic E-state index is 11.0. The number of benzene rings is 1. The molecule has 2 rings (SSSR count). The molecular formula is C15H16O2. The summed E-state index contributed by atoms with van der Waals surface area (Å²) in [4.78, 5) is 11.0. The summed E-state index contributed by atoms with van der Waals surface area (Å²) in [6, 6.07) is 9.98. The van der Waals surface area contributed by atoms with Crippen LogP contribution in [0.15, 0.2) is 48.6 Å². The van der Waals surface area contributed by atoms with Crippen LogP contribution < -0.4 is 0 Å². The summed E-state index contributed by atoms with van der Waals surface area (Å²) in [5, 5.41) is 0. The van der Waals surface area contributed by atoms with Gasteiger partial charge in [-0.05, 0) is 29.6 Å². The van der Waals surface area contributed by atoms with Gasteiger partial charge in [0.2, 0.25) is 0 Å². The van der Waals surface area contributed by atoms with Gasteiger partial charge in [0.05, 0.1) is 0 Å². The predicted molar refractivity (Wildman–Crippen MR) is 68.3 cm³/mol. The van der Waals surface area contributed by atoms with Crippen LogP contribution in [0.3, 0.4) is 0 Å². The zero-order valence-corrected chi connectivity index (χ0v) is 9.98. The van der Waals surface area contributed by atoms with E-state index in [-0.39, 0.29) is 12.1 Å². The molecule has 17 heavy (non-hydrogen) atoms. The highest BCUT2D eigenvalue weighted by atomic mass is 16.5. The first-order valence-corrected chi connectivity index (χ1v) is 5.80. The van der Waals surface area contributed by atoms with E-state index < -0.39 is 0 Å². The first kappa shape index (κ1) is 11.6. The second kappa shape index (κ2) is 5.00. The molecule has 0 radical (unpaired) electrons. The fourth-order valence-corrected chi connectivity index (χ4v) is 2.12. The van der Waals surface area contributed by atoms with Gasteiger partial charge < -0.3 is 4.74 Å². The Hall–Kier alpha value is -1.83. The minimum absolute atomic E-state index is 0.125. The van der Waals surface area contributed by atoms with Gasteiger partial charge in [-0.1, -0.05) is 43.0 Å². The molecule has 0 aliphatic heterocycles. The first-order chi connectivity index (χ1) is 8.18. The molecule has 0 amide bonds. The van der Waals surface area contributed by atoms with Crippen molar-refractivity contribution in [3.8, 4) is 0 Å². The van der Waals surface area contributed by atoms with Crippen LogP contribution >= 0.6 is 0 Å². The molecule has 0 spiro atoms. The highest BCUT2D eigenvalue weighted by Crippen LogP contribution is 2.32. The van der Waals surface area contributed by atoms with Gasteiger partial charge in [-0.15, -0.1) is 0 Å². The lowest BCUT2D eigenvalue weighted by Crippen LogP contribution is -2.16. The molecule has 1 aliphatic carbocycles. The van der Waals surface area contributed by atoms with Crippen LogP contribution in [0.25, 0.3) is 5.57 Å². The minimum atomic E-state index is -0.233. The van der Waals surface area contributed by atoms with Crippen molar-refractivity contribution >= 4 is 11.5 Å². The van der Waals surface area contributed by atoms with E-state index in [0.717, 1.165) is 29.6 Å². The summed E-state index contributed by atoms with van der Waals surface area (Å²) in [6.07, 6.45) is 3.79. The summed E-state index contributed by atoms with van der Waals surface area (Å²) in [6.45, 7) is 5.55. The number of allylic oxidation sites excluding steroid dienone is 1. The summed E-state index contributed by atoms with van der Waals surface area (Å²) in [5.74, 6) is -0.233. The van der Waals surface area contributed by atoms with Crippen LogP contribution in [-0.2, 0) is 9.53 Å². The predicted octanol–water partition coefficient (Wildman–Crippen LogP) is 3.35. The van der Waals surface area contributed by atoms with E-state index in [4.69, 9.17) is 4.74 Å². The number of carbonyl (C=O) groups is 1. The molecule has 0 fully saturated rings. The average Bonchev–Trinajstić information content (AvgIpc) is 2.76. The Bertz CT molecular complexity index is 457. The van der Waals surface area contributed by atoms with Gasteiger partial charge in [0, 0.05) is 6.92 Å². The van der Waals surface area contributed by atoms with Crippen molar-refractivity contribution < 1.29 is 9.53 Å². The van der Waals surface area contributed by atoms with Crippen molar-refractivity contribution in [1.29, 1.82) is 0 Å². The Morgan fingerprint density at radius 1 is 1.35 bits per heavy atom. The molecule has 2 heteroatoms. The normalized spacial score (nSPS) is 18.6. The fourth-order valence-electron chi connectivity index (χ4n) is 2.12. The third-order valence-electron chi connectivity index (χ3n) is 2.92. The number of ether oxygens (including phenoxy) is 1. The molecule has 0 bridgehead atoms. The third-order valence-corrected chi connectivity index (χ3v) is 2.92. The molecule has 0 unspecified atom stereocenters. The van der Waals surface area contributed by atoms with Gasteiger partial charge in [0.1, 0.15) is 6.10 Å². The molecule has 1 aliphatic rings. The maximum atomic E-state index is 11.0. The molecule has 0 N–H and O–H groups in total. The molecular weight excluding hydrogens is 212 g/mol. The van der Waals surface area contributed by atoms with Gasteiger partial charge in [0.15, 0.2) is 0 Å². The summed E-state index contributed by atoms with van der Waals surface area (Å²) in [7, 11) is 0. The molecule has 0 aromatic heterocycles. The van der Waals surface area contributed by atoms with Crippen LogP contribution in [0, 0.1) is 0 Å². The number of hydrogen-bond acceptors (Lipinski definition) is 2. The Labute approximate surface area is 102 Å². The first-order valence-electron chi connectivity index (χ1n) is 5.80. The molecule has 0 saturated carbocycles. The third kappa shape index (κ3) is 2.64. The zero-order chi connectivity index (χ0) is 12.3. The van der Waals surface area contributed by atoms with E-state index in [2.05, 4.69) is 12.7 Å². The summed E-state index contributed by atoms with van der Waals surface area (Å²) < 4.78 is 5.30. The van der Waals surface area contributed by atoms with E-state index in [1.54, 1.807) is 0 Å². The second-order valence-corrected chi connectivity index (χ2v) is 4.18. The van der Waals surface area contributed by atoms with Gasteiger partial charge in [-0.25, -0.2) is 0 Å². The molecule has 0 heterocycles. The molecule has 1 aromatic carbocycles. The standard InChI is InChI=1S/C15H16O2/c1-11(13-7-4-3-5-8-13)14-9-6-10-15(14)17-12(2)16/h3-5,7-9,15H,1,6,10H2,2H3/t15-/m0/s1. The van der Waals surface area contributed by atoms with Crippen molar-refractivity contribution in [2.24, 2.45) is 0 Å². The highest BCUT2D eigenvalue weighted by molar-refractivity contribution is 5.79. The van der Waals surface area contributed by atoms with E-state index >= 15 is 0 Å². The van der Waals surface area contributed by atoms with E-state index in [1.807, 2.05) is 30.3 Å². The fraction of sp³-hybridized carbons (Fsp3) is 0.267. The van der Waals surface area contributed by atoms with E-state index in [1.165, 1.54) is 6.92 Å². The SMILES string of the molecule is C=C(C1=CCC[C@@H]1OC(C)=O)c1ccccc1. The number of carbonyl (C=O) groups excluding carboxylic acids is 1. The minimum Gasteiger partial charge on any atom is -0.458 e. The van der Waals surface area contributed by atoms with Crippen molar-refractivity contribution in [1.82, 2.24) is 0 Å². The topological polar surface area (TPSA) is 26.3 Å². The van der Waals surface area contributed by atoms with Crippen LogP contribution in [0.5, 0.6) is 0 Å². The highest BCUT2D eigenvalue weighted by Gasteiger charge is 2.24. The van der Waals surface area contributed by atoms with E-state index in [9.17, 15) is 4.79 Å².